The van der Waals surface area contributed by atoms with E-state index in [1.807, 2.05) is 30.3 Å². The highest BCUT2D eigenvalue weighted by Gasteiger charge is 2.49. The number of ether oxygens (including phenoxy) is 1. The highest BCUT2D eigenvalue weighted by molar-refractivity contribution is 7.08. The topological polar surface area (TPSA) is 87.1 Å². The van der Waals surface area contributed by atoms with Gasteiger partial charge in [0.15, 0.2) is 0 Å². The molecule has 1 fully saturated rings. The van der Waals surface area contributed by atoms with Crippen molar-refractivity contribution in [3.63, 3.8) is 0 Å². The minimum Gasteiger partial charge on any atom is -0.480 e. The average molecular weight is 347 g/mol. The number of aliphatic carboxylic acids is 1. The number of aliphatic hydroxyl groups is 1. The lowest BCUT2D eigenvalue weighted by atomic mass is 9.94. The minimum atomic E-state index is -1.37. The van der Waals surface area contributed by atoms with Crippen LogP contribution in [-0.4, -0.2) is 39.8 Å². The van der Waals surface area contributed by atoms with Gasteiger partial charge >= 0.3 is 12.1 Å². The normalized spacial score (nSPS) is 23.2. The third kappa shape index (κ3) is 3.27. The predicted molar refractivity (Wildman–Crippen MR) is 87.6 cm³/mol. The van der Waals surface area contributed by atoms with Crippen LogP contribution in [-0.2, 0) is 21.7 Å². The number of amides is 1. The summed E-state index contributed by atoms with van der Waals surface area (Å²) in [6.07, 6.45) is -0.795. The molecule has 24 heavy (non-hydrogen) atoms. The van der Waals surface area contributed by atoms with E-state index in [-0.39, 0.29) is 19.6 Å². The molecular formula is C17H17NO5S. The van der Waals surface area contributed by atoms with E-state index in [0.717, 1.165) is 10.5 Å². The van der Waals surface area contributed by atoms with Crippen molar-refractivity contribution in [3.05, 3.63) is 58.3 Å². The molecule has 0 saturated carbocycles. The molecule has 1 amide bonds. The first-order chi connectivity index (χ1) is 11.5. The first kappa shape index (κ1) is 16.5. The smallest absolute Gasteiger partial charge is 0.410 e. The molecular weight excluding hydrogens is 330 g/mol. The molecule has 126 valence electrons. The Bertz CT molecular complexity index is 718. The Morgan fingerprint density at radius 2 is 2.04 bits per heavy atom. The maximum atomic E-state index is 12.3. The fraction of sp³-hybridized carbons (Fsp3) is 0.294. The SMILES string of the molecule is O=C(O)[C@@H]1CC(O)(c2ccsc2)CN1C(=O)OCc1ccccc1. The second kappa shape index (κ2) is 6.62. The van der Waals surface area contributed by atoms with Crippen LogP contribution >= 0.6 is 11.3 Å². The van der Waals surface area contributed by atoms with Crippen LogP contribution in [0.5, 0.6) is 0 Å². The number of carbonyl (C=O) groups excluding carboxylic acids is 1. The summed E-state index contributed by atoms with van der Waals surface area (Å²) < 4.78 is 5.22. The number of carboxylic acid groups (broad SMARTS) is 1. The first-order valence-corrected chi connectivity index (χ1v) is 8.39. The van der Waals surface area contributed by atoms with Gasteiger partial charge in [0.05, 0.1) is 6.54 Å². The molecule has 1 aromatic heterocycles. The lowest BCUT2D eigenvalue weighted by Crippen LogP contribution is -2.41. The summed E-state index contributed by atoms with van der Waals surface area (Å²) in [7, 11) is 0. The summed E-state index contributed by atoms with van der Waals surface area (Å²) >= 11 is 1.41. The zero-order valence-corrected chi connectivity index (χ0v) is 13.6. The number of hydrogen-bond donors (Lipinski definition) is 2. The van der Waals surface area contributed by atoms with Crippen molar-refractivity contribution in [3.8, 4) is 0 Å². The molecule has 0 spiro atoms. The molecule has 0 radical (unpaired) electrons. The van der Waals surface area contributed by atoms with Crippen molar-refractivity contribution in [1.82, 2.24) is 4.90 Å². The summed E-state index contributed by atoms with van der Waals surface area (Å²) in [5.41, 5.74) is 0.0663. The minimum absolute atomic E-state index is 0.0550. The largest absolute Gasteiger partial charge is 0.480 e. The van der Waals surface area contributed by atoms with Gasteiger partial charge in [-0.1, -0.05) is 30.3 Å². The second-order valence-electron chi connectivity index (χ2n) is 5.77. The Labute approximate surface area is 142 Å². The van der Waals surface area contributed by atoms with E-state index in [4.69, 9.17) is 4.74 Å². The summed E-state index contributed by atoms with van der Waals surface area (Å²) in [5.74, 6) is -1.15. The number of hydrogen-bond acceptors (Lipinski definition) is 5. The molecule has 7 heteroatoms. The van der Waals surface area contributed by atoms with Crippen molar-refractivity contribution in [1.29, 1.82) is 0 Å². The number of rotatable bonds is 4. The van der Waals surface area contributed by atoms with Crippen LogP contribution in [0.3, 0.4) is 0 Å². The summed E-state index contributed by atoms with van der Waals surface area (Å²) in [6, 6.07) is 9.76. The van der Waals surface area contributed by atoms with Crippen molar-refractivity contribution in [2.45, 2.75) is 24.7 Å². The molecule has 2 aromatic rings. The fourth-order valence-corrected chi connectivity index (χ4v) is 3.59. The number of nitrogens with zero attached hydrogens (tertiary/aromatic N) is 1. The van der Waals surface area contributed by atoms with Gasteiger partial charge < -0.3 is 14.9 Å². The van der Waals surface area contributed by atoms with Crippen molar-refractivity contribution in [2.24, 2.45) is 0 Å². The summed E-state index contributed by atoms with van der Waals surface area (Å²) in [5, 5.41) is 23.7. The van der Waals surface area contributed by atoms with Gasteiger partial charge in [0.1, 0.15) is 18.2 Å². The number of benzene rings is 1. The molecule has 0 aliphatic carbocycles. The maximum Gasteiger partial charge on any atom is 0.410 e. The Morgan fingerprint density at radius 3 is 2.67 bits per heavy atom. The first-order valence-electron chi connectivity index (χ1n) is 7.45. The third-order valence-corrected chi connectivity index (χ3v) is 4.81. The molecule has 2 N–H and O–H groups in total. The standard InChI is InChI=1S/C17H17NO5S/c19-15(20)14-8-17(22,13-6-7-24-10-13)11-18(14)16(21)23-9-12-4-2-1-3-5-12/h1-7,10,14,22H,8-9,11H2,(H,19,20)/t14-,17?/m0/s1. The summed E-state index contributed by atoms with van der Waals surface area (Å²) in [6.45, 7) is -0.0479. The van der Waals surface area contributed by atoms with Crippen LogP contribution in [0.1, 0.15) is 17.5 Å². The quantitative estimate of drug-likeness (QED) is 0.887. The molecule has 1 aromatic carbocycles. The van der Waals surface area contributed by atoms with Crippen molar-refractivity contribution < 1.29 is 24.5 Å². The van der Waals surface area contributed by atoms with Crippen LogP contribution in [0, 0.1) is 0 Å². The molecule has 6 nitrogen and oxygen atoms in total. The Balaban J connectivity index is 1.73. The lowest BCUT2D eigenvalue weighted by Gasteiger charge is -2.22. The molecule has 0 bridgehead atoms. The Morgan fingerprint density at radius 1 is 1.29 bits per heavy atom. The van der Waals surface area contributed by atoms with Gasteiger partial charge in [-0.25, -0.2) is 9.59 Å². The Hall–Kier alpha value is -2.38. The summed E-state index contributed by atoms with van der Waals surface area (Å²) in [4.78, 5) is 24.9. The predicted octanol–water partition coefficient (Wildman–Crippen LogP) is 2.43. The third-order valence-electron chi connectivity index (χ3n) is 4.12. The van der Waals surface area contributed by atoms with Crippen LogP contribution in [0.15, 0.2) is 47.2 Å². The van der Waals surface area contributed by atoms with Crippen LogP contribution < -0.4 is 0 Å². The molecule has 2 atom stereocenters. The molecule has 1 aliphatic heterocycles. The van der Waals surface area contributed by atoms with Gasteiger partial charge in [0.25, 0.3) is 0 Å². The monoisotopic (exact) mass is 347 g/mol. The Kier molecular flexibility index (Phi) is 4.55. The number of thiophene rings is 1. The number of carbonyl (C=O) groups is 2. The molecule has 1 unspecified atom stereocenters. The number of likely N-dealkylation sites (tertiary alicyclic amines) is 1. The number of β-amino-alcohol motifs (C(OH)–C–C–N with tert-alkyl or cyclic N) is 1. The molecule has 2 heterocycles. The van der Waals surface area contributed by atoms with E-state index in [1.165, 1.54) is 11.3 Å². The van der Waals surface area contributed by atoms with Crippen LogP contribution in [0.25, 0.3) is 0 Å². The molecule has 1 aliphatic rings. The van der Waals surface area contributed by atoms with Gasteiger partial charge in [0.2, 0.25) is 0 Å². The highest BCUT2D eigenvalue weighted by atomic mass is 32.1. The van der Waals surface area contributed by atoms with Crippen LogP contribution in [0.4, 0.5) is 4.79 Å². The van der Waals surface area contributed by atoms with E-state index in [9.17, 15) is 19.8 Å². The van der Waals surface area contributed by atoms with E-state index in [1.54, 1.807) is 16.8 Å². The highest BCUT2D eigenvalue weighted by Crippen LogP contribution is 2.37. The van der Waals surface area contributed by atoms with Gasteiger partial charge in [-0.2, -0.15) is 11.3 Å². The maximum absolute atomic E-state index is 12.3. The van der Waals surface area contributed by atoms with Gasteiger partial charge in [0, 0.05) is 6.42 Å². The second-order valence-corrected chi connectivity index (χ2v) is 6.55. The lowest BCUT2D eigenvalue weighted by molar-refractivity contribution is -0.141. The van der Waals surface area contributed by atoms with Gasteiger partial charge in [-0.15, -0.1) is 0 Å². The van der Waals surface area contributed by atoms with Gasteiger partial charge in [-0.05, 0) is 28.0 Å². The average Bonchev–Trinajstić information content (AvgIpc) is 3.22. The van der Waals surface area contributed by atoms with Crippen LogP contribution in [0.2, 0.25) is 0 Å². The van der Waals surface area contributed by atoms with E-state index in [2.05, 4.69) is 0 Å². The van der Waals surface area contributed by atoms with Gasteiger partial charge in [-0.3, -0.25) is 4.90 Å². The van der Waals surface area contributed by atoms with E-state index < -0.39 is 23.7 Å². The molecule has 3 rings (SSSR count). The fourth-order valence-electron chi connectivity index (χ4n) is 2.84. The zero-order valence-electron chi connectivity index (χ0n) is 12.8. The number of carboxylic acids is 1. The van der Waals surface area contributed by atoms with Crippen molar-refractivity contribution in [2.75, 3.05) is 6.54 Å². The van der Waals surface area contributed by atoms with E-state index >= 15 is 0 Å². The van der Waals surface area contributed by atoms with Crippen molar-refractivity contribution >= 4 is 23.4 Å². The van der Waals surface area contributed by atoms with E-state index in [0.29, 0.717) is 5.56 Å². The molecule has 1 saturated heterocycles. The zero-order chi connectivity index (χ0) is 17.2.